The van der Waals surface area contributed by atoms with Crippen LogP contribution in [0.2, 0.25) is 0 Å². The van der Waals surface area contributed by atoms with Crippen LogP contribution >= 0.6 is 0 Å². The summed E-state index contributed by atoms with van der Waals surface area (Å²) in [5.74, 6) is -0.685. The average molecular weight is 327 g/mol. The van der Waals surface area contributed by atoms with E-state index in [9.17, 15) is 18.0 Å². The molecule has 1 fully saturated rings. The quantitative estimate of drug-likeness (QED) is 0.860. The third kappa shape index (κ3) is 2.88. The Kier molecular flexibility index (Phi) is 3.75. The number of likely N-dealkylation sites (tertiary alicyclic amines) is 1. The molecule has 2 aromatic rings. The maximum absolute atomic E-state index is 13.2. The summed E-state index contributed by atoms with van der Waals surface area (Å²) in [5.41, 5.74) is 7.07. The molecule has 2 heterocycles. The number of aromatic nitrogens is 3. The van der Waals surface area contributed by atoms with Gasteiger partial charge in [-0.3, -0.25) is 4.79 Å². The number of piperidine rings is 1. The van der Waals surface area contributed by atoms with E-state index < -0.39 is 24.2 Å². The Morgan fingerprint density at radius 1 is 1.35 bits per heavy atom. The number of benzene rings is 1. The van der Waals surface area contributed by atoms with E-state index in [1.807, 2.05) is 0 Å². The lowest BCUT2D eigenvalue weighted by molar-refractivity contribution is -0.184. The number of nitrogens with two attached hydrogens (primary N) is 1. The third-order valence-electron chi connectivity index (χ3n) is 4.11. The lowest BCUT2D eigenvalue weighted by atomic mass is 9.97. The van der Waals surface area contributed by atoms with Crippen LogP contribution < -0.4 is 5.73 Å². The first kappa shape index (κ1) is 15.7. The second kappa shape index (κ2) is 5.48. The Hall–Kier alpha value is -2.16. The van der Waals surface area contributed by atoms with Crippen LogP contribution in [0.4, 0.5) is 13.2 Å². The maximum atomic E-state index is 13.2. The van der Waals surface area contributed by atoms with E-state index in [0.717, 1.165) is 4.90 Å². The number of carbonyl (C=O) groups excluding carboxylic acids is 1. The van der Waals surface area contributed by atoms with Crippen LogP contribution in [0.5, 0.6) is 0 Å². The Morgan fingerprint density at radius 2 is 2.09 bits per heavy atom. The molecule has 0 aliphatic carbocycles. The summed E-state index contributed by atoms with van der Waals surface area (Å²) in [6.45, 7) is -0.110. The van der Waals surface area contributed by atoms with Crippen molar-refractivity contribution in [2.75, 3.05) is 6.54 Å². The van der Waals surface area contributed by atoms with Crippen LogP contribution in [0.25, 0.3) is 11.0 Å². The summed E-state index contributed by atoms with van der Waals surface area (Å²) in [5, 5.41) is 7.70. The molecule has 1 aromatic carbocycles. The SMILES string of the molecule is Cn1nnc2cc(C(=O)N3C[C@H](N)CC[C@@H]3C(F)(F)F)ccc21. The minimum atomic E-state index is -4.47. The summed E-state index contributed by atoms with van der Waals surface area (Å²) in [4.78, 5) is 13.4. The molecular formula is C14H16F3N5O. The van der Waals surface area contributed by atoms with Gasteiger partial charge < -0.3 is 10.6 Å². The Balaban J connectivity index is 1.94. The van der Waals surface area contributed by atoms with Crippen molar-refractivity contribution < 1.29 is 18.0 Å². The molecule has 1 amide bonds. The van der Waals surface area contributed by atoms with E-state index >= 15 is 0 Å². The Bertz CT molecular complexity index is 742. The number of fused-ring (bicyclic) bond motifs is 1. The fourth-order valence-corrected chi connectivity index (χ4v) is 2.90. The highest BCUT2D eigenvalue weighted by atomic mass is 19.4. The molecule has 2 atom stereocenters. The van der Waals surface area contributed by atoms with E-state index in [0.29, 0.717) is 11.0 Å². The van der Waals surface area contributed by atoms with Crippen molar-refractivity contribution in [2.45, 2.75) is 31.1 Å². The van der Waals surface area contributed by atoms with Crippen molar-refractivity contribution in [1.82, 2.24) is 19.9 Å². The van der Waals surface area contributed by atoms with Crippen LogP contribution in [0.1, 0.15) is 23.2 Å². The van der Waals surface area contributed by atoms with Crippen molar-refractivity contribution >= 4 is 16.9 Å². The van der Waals surface area contributed by atoms with Gasteiger partial charge in [-0.15, -0.1) is 5.10 Å². The average Bonchev–Trinajstić information content (AvgIpc) is 2.86. The number of carbonyl (C=O) groups is 1. The van der Waals surface area contributed by atoms with Gasteiger partial charge in [0.05, 0.1) is 5.52 Å². The number of rotatable bonds is 1. The molecule has 124 valence electrons. The van der Waals surface area contributed by atoms with Gasteiger partial charge in [0, 0.05) is 25.2 Å². The van der Waals surface area contributed by atoms with Crippen LogP contribution in [0.15, 0.2) is 18.2 Å². The highest BCUT2D eigenvalue weighted by Gasteiger charge is 2.47. The minimum Gasteiger partial charge on any atom is -0.326 e. The van der Waals surface area contributed by atoms with Gasteiger partial charge in [0.25, 0.3) is 5.91 Å². The predicted octanol–water partition coefficient (Wildman–Crippen LogP) is 1.46. The number of hydrogen-bond acceptors (Lipinski definition) is 4. The largest absolute Gasteiger partial charge is 0.408 e. The summed E-state index contributed by atoms with van der Waals surface area (Å²) in [6.07, 6.45) is -4.40. The first-order valence-electron chi connectivity index (χ1n) is 7.20. The summed E-state index contributed by atoms with van der Waals surface area (Å²) in [6, 6.07) is 2.32. The lowest BCUT2D eigenvalue weighted by Gasteiger charge is -2.39. The molecule has 23 heavy (non-hydrogen) atoms. The number of alkyl halides is 3. The van der Waals surface area contributed by atoms with Gasteiger partial charge in [-0.25, -0.2) is 4.68 Å². The fourth-order valence-electron chi connectivity index (χ4n) is 2.90. The number of aryl methyl sites for hydroxylation is 1. The minimum absolute atomic E-state index is 0.110. The standard InChI is InChI=1S/C14H16F3N5O/c1-21-11-4-2-8(6-10(11)19-20-21)13(23)22-7-9(18)3-5-12(22)14(15,16)17/h2,4,6,9,12H,3,5,7,18H2,1H3/t9-,12-/m1/s1. The highest BCUT2D eigenvalue weighted by molar-refractivity contribution is 5.97. The normalized spacial score (nSPS) is 22.6. The molecule has 1 aromatic heterocycles. The number of halogens is 3. The van der Waals surface area contributed by atoms with Gasteiger partial charge in [0.15, 0.2) is 0 Å². The zero-order valence-electron chi connectivity index (χ0n) is 12.4. The second-order valence-corrected chi connectivity index (χ2v) is 5.77. The van der Waals surface area contributed by atoms with Crippen molar-refractivity contribution in [3.8, 4) is 0 Å². The molecule has 0 radical (unpaired) electrons. The van der Waals surface area contributed by atoms with Crippen molar-refractivity contribution in [3.63, 3.8) is 0 Å². The summed E-state index contributed by atoms with van der Waals surface area (Å²) < 4.78 is 41.1. The molecule has 9 heteroatoms. The third-order valence-corrected chi connectivity index (χ3v) is 4.11. The van der Waals surface area contributed by atoms with Gasteiger partial charge in [-0.1, -0.05) is 5.21 Å². The van der Waals surface area contributed by atoms with Crippen molar-refractivity contribution in [3.05, 3.63) is 23.8 Å². The van der Waals surface area contributed by atoms with Gasteiger partial charge in [0.2, 0.25) is 0 Å². The van der Waals surface area contributed by atoms with Crippen molar-refractivity contribution in [2.24, 2.45) is 12.8 Å². The van der Waals surface area contributed by atoms with E-state index in [-0.39, 0.29) is 24.9 Å². The molecule has 2 N–H and O–H groups in total. The monoisotopic (exact) mass is 327 g/mol. The number of nitrogens with zero attached hydrogens (tertiary/aromatic N) is 4. The smallest absolute Gasteiger partial charge is 0.326 e. The molecule has 3 rings (SSSR count). The van der Waals surface area contributed by atoms with Crippen molar-refractivity contribution in [1.29, 1.82) is 0 Å². The van der Waals surface area contributed by atoms with Gasteiger partial charge in [0.1, 0.15) is 11.6 Å². The van der Waals surface area contributed by atoms with Crippen LogP contribution in [0.3, 0.4) is 0 Å². The summed E-state index contributed by atoms with van der Waals surface area (Å²) >= 11 is 0. The Morgan fingerprint density at radius 3 is 2.78 bits per heavy atom. The lowest BCUT2D eigenvalue weighted by Crippen LogP contribution is -2.56. The van der Waals surface area contributed by atoms with E-state index in [2.05, 4.69) is 10.3 Å². The van der Waals surface area contributed by atoms with E-state index in [1.165, 1.54) is 16.8 Å². The molecule has 0 unspecified atom stereocenters. The van der Waals surface area contributed by atoms with E-state index in [4.69, 9.17) is 5.73 Å². The molecule has 1 aliphatic rings. The molecular weight excluding hydrogens is 311 g/mol. The van der Waals surface area contributed by atoms with Gasteiger partial charge in [-0.2, -0.15) is 13.2 Å². The van der Waals surface area contributed by atoms with Gasteiger partial charge >= 0.3 is 6.18 Å². The predicted molar refractivity (Wildman–Crippen MR) is 76.6 cm³/mol. The Labute approximate surface area is 130 Å². The maximum Gasteiger partial charge on any atom is 0.408 e. The molecule has 1 aliphatic heterocycles. The topological polar surface area (TPSA) is 77.0 Å². The second-order valence-electron chi connectivity index (χ2n) is 5.77. The van der Waals surface area contributed by atoms with Crippen LogP contribution in [0, 0.1) is 0 Å². The first-order valence-corrected chi connectivity index (χ1v) is 7.20. The highest BCUT2D eigenvalue weighted by Crippen LogP contribution is 2.32. The first-order chi connectivity index (χ1) is 10.8. The molecule has 6 nitrogen and oxygen atoms in total. The van der Waals surface area contributed by atoms with Crippen LogP contribution in [-0.4, -0.2) is 50.6 Å². The zero-order chi connectivity index (χ0) is 16.8. The summed E-state index contributed by atoms with van der Waals surface area (Å²) in [7, 11) is 1.69. The molecule has 0 bridgehead atoms. The number of hydrogen-bond donors (Lipinski definition) is 1. The molecule has 0 spiro atoms. The van der Waals surface area contributed by atoms with E-state index in [1.54, 1.807) is 13.1 Å². The van der Waals surface area contributed by atoms with Crippen LogP contribution in [-0.2, 0) is 7.05 Å². The number of amides is 1. The molecule has 0 saturated carbocycles. The fraction of sp³-hybridized carbons (Fsp3) is 0.500. The molecule has 1 saturated heterocycles. The van der Waals surface area contributed by atoms with Gasteiger partial charge in [-0.05, 0) is 31.0 Å². The zero-order valence-corrected chi connectivity index (χ0v) is 12.4.